The molecule has 8 heteroatoms. The summed E-state index contributed by atoms with van der Waals surface area (Å²) in [5, 5.41) is 12.0. The molecule has 3 aromatic rings. The van der Waals surface area contributed by atoms with Crippen molar-refractivity contribution in [2.75, 3.05) is 13.1 Å². The minimum atomic E-state index is 0. The van der Waals surface area contributed by atoms with E-state index >= 15 is 0 Å². The molecule has 0 radical (unpaired) electrons. The molecule has 4 rings (SSSR count). The third-order valence-corrected chi connectivity index (χ3v) is 4.86. The molecule has 1 aliphatic heterocycles. The van der Waals surface area contributed by atoms with Crippen molar-refractivity contribution in [3.05, 3.63) is 41.7 Å². The van der Waals surface area contributed by atoms with Crippen LogP contribution in [0.15, 0.2) is 28.9 Å². The fourth-order valence-corrected chi connectivity index (χ4v) is 3.50. The van der Waals surface area contributed by atoms with Crippen LogP contribution in [0.3, 0.4) is 0 Å². The van der Waals surface area contributed by atoms with Gasteiger partial charge in [-0.2, -0.15) is 10.1 Å². The first-order valence-electron chi connectivity index (χ1n) is 9.22. The molecule has 3 aromatic heterocycles. The van der Waals surface area contributed by atoms with Gasteiger partial charge in [0.1, 0.15) is 0 Å². The fraction of sp³-hybridized carbons (Fsp3) is 0.474. The molecule has 1 atom stereocenters. The van der Waals surface area contributed by atoms with Crippen LogP contribution in [0.5, 0.6) is 0 Å². The molecule has 1 aliphatic rings. The number of aryl methyl sites for hydroxylation is 2. The molecule has 0 aromatic carbocycles. The highest BCUT2D eigenvalue weighted by Crippen LogP contribution is 2.21. The first-order chi connectivity index (χ1) is 12.7. The van der Waals surface area contributed by atoms with E-state index in [9.17, 15) is 0 Å². The van der Waals surface area contributed by atoms with Crippen LogP contribution in [0.25, 0.3) is 17.2 Å². The molecule has 144 valence electrons. The molecule has 0 spiro atoms. The van der Waals surface area contributed by atoms with Crippen LogP contribution in [0.2, 0.25) is 0 Å². The standard InChI is InChI=1S/C19H24N6O.ClH/c1-13-10-14(2)25(23-13)17-6-5-16(12-21-17)19-22-18(26-24-19)11-15-4-3-8-20-9-7-15;/h5-6,10,12,15,20H,3-4,7-9,11H2,1-2H3;1H. The molecule has 4 heterocycles. The summed E-state index contributed by atoms with van der Waals surface area (Å²) < 4.78 is 7.31. The number of halogens is 1. The van der Waals surface area contributed by atoms with Crippen molar-refractivity contribution in [1.29, 1.82) is 0 Å². The minimum Gasteiger partial charge on any atom is -0.339 e. The van der Waals surface area contributed by atoms with Crippen molar-refractivity contribution in [2.45, 2.75) is 39.5 Å². The van der Waals surface area contributed by atoms with Gasteiger partial charge in [0.2, 0.25) is 11.7 Å². The van der Waals surface area contributed by atoms with Crippen LogP contribution in [0.1, 0.15) is 36.5 Å². The van der Waals surface area contributed by atoms with E-state index in [0.717, 1.165) is 54.6 Å². The Morgan fingerprint density at radius 1 is 1.22 bits per heavy atom. The maximum absolute atomic E-state index is 5.47. The summed E-state index contributed by atoms with van der Waals surface area (Å²) in [4.78, 5) is 9.08. The minimum absolute atomic E-state index is 0. The Balaban J connectivity index is 0.00000210. The van der Waals surface area contributed by atoms with Crippen LogP contribution in [0, 0.1) is 19.8 Å². The van der Waals surface area contributed by atoms with E-state index in [4.69, 9.17) is 4.52 Å². The van der Waals surface area contributed by atoms with Gasteiger partial charge in [-0.15, -0.1) is 12.4 Å². The highest BCUT2D eigenvalue weighted by Gasteiger charge is 2.17. The Hall–Kier alpha value is -2.25. The van der Waals surface area contributed by atoms with E-state index in [0.29, 0.717) is 11.7 Å². The molecule has 27 heavy (non-hydrogen) atoms. The van der Waals surface area contributed by atoms with Gasteiger partial charge in [0.05, 0.1) is 5.69 Å². The van der Waals surface area contributed by atoms with E-state index in [2.05, 4.69) is 25.5 Å². The second-order valence-corrected chi connectivity index (χ2v) is 7.01. The predicted octanol–water partition coefficient (Wildman–Crippen LogP) is 3.29. The van der Waals surface area contributed by atoms with Crippen molar-refractivity contribution < 1.29 is 4.52 Å². The second kappa shape index (κ2) is 8.63. The molecule has 0 amide bonds. The van der Waals surface area contributed by atoms with Gasteiger partial charge >= 0.3 is 0 Å². The van der Waals surface area contributed by atoms with Crippen LogP contribution in [-0.4, -0.2) is 38.0 Å². The highest BCUT2D eigenvalue weighted by atomic mass is 35.5. The summed E-state index contributed by atoms with van der Waals surface area (Å²) in [6.07, 6.45) is 6.21. The number of pyridine rings is 1. The lowest BCUT2D eigenvalue weighted by atomic mass is 9.97. The van der Waals surface area contributed by atoms with Crippen LogP contribution in [-0.2, 0) is 6.42 Å². The quantitative estimate of drug-likeness (QED) is 0.738. The zero-order valence-corrected chi connectivity index (χ0v) is 16.5. The molecule has 0 aliphatic carbocycles. The molecule has 0 bridgehead atoms. The summed E-state index contributed by atoms with van der Waals surface area (Å²) in [7, 11) is 0. The lowest BCUT2D eigenvalue weighted by Gasteiger charge is -2.09. The van der Waals surface area contributed by atoms with Crippen LogP contribution < -0.4 is 5.32 Å². The molecule has 1 saturated heterocycles. The summed E-state index contributed by atoms with van der Waals surface area (Å²) in [6.45, 7) is 6.18. The largest absolute Gasteiger partial charge is 0.339 e. The van der Waals surface area contributed by atoms with Gasteiger partial charge in [-0.3, -0.25) is 0 Å². The van der Waals surface area contributed by atoms with Gasteiger partial charge in [-0.05, 0) is 70.3 Å². The average Bonchev–Trinajstić information content (AvgIpc) is 3.14. The zero-order chi connectivity index (χ0) is 17.9. The highest BCUT2D eigenvalue weighted by molar-refractivity contribution is 5.85. The summed E-state index contributed by atoms with van der Waals surface area (Å²) in [5.74, 6) is 2.72. The van der Waals surface area contributed by atoms with Gasteiger partial charge in [0, 0.05) is 23.9 Å². The summed E-state index contributed by atoms with van der Waals surface area (Å²) in [6, 6.07) is 5.93. The fourth-order valence-electron chi connectivity index (χ4n) is 3.50. The smallest absolute Gasteiger partial charge is 0.227 e. The Kier molecular flexibility index (Phi) is 6.23. The normalized spacial score (nSPS) is 17.3. The molecule has 0 saturated carbocycles. The number of nitrogens with zero attached hydrogens (tertiary/aromatic N) is 5. The third-order valence-electron chi connectivity index (χ3n) is 4.86. The SMILES string of the molecule is Cc1cc(C)n(-c2ccc(-c3noc(CC4CCCNCC4)n3)cn2)n1.Cl. The van der Waals surface area contributed by atoms with Crippen LogP contribution in [0.4, 0.5) is 0 Å². The Morgan fingerprint density at radius 2 is 2.11 bits per heavy atom. The molecule has 1 unspecified atom stereocenters. The number of aromatic nitrogens is 5. The van der Waals surface area contributed by atoms with E-state index in [1.165, 1.54) is 12.8 Å². The van der Waals surface area contributed by atoms with Crippen molar-refractivity contribution in [3.63, 3.8) is 0 Å². The number of nitrogens with one attached hydrogen (secondary N) is 1. The first-order valence-corrected chi connectivity index (χ1v) is 9.22. The average molecular weight is 389 g/mol. The van der Waals surface area contributed by atoms with Crippen LogP contribution >= 0.6 is 12.4 Å². The Labute approximate surface area is 165 Å². The molecule has 1 N–H and O–H groups in total. The monoisotopic (exact) mass is 388 g/mol. The van der Waals surface area contributed by atoms with E-state index in [1.54, 1.807) is 6.20 Å². The van der Waals surface area contributed by atoms with E-state index in [-0.39, 0.29) is 12.4 Å². The third kappa shape index (κ3) is 4.54. The second-order valence-electron chi connectivity index (χ2n) is 7.01. The number of hydrogen-bond acceptors (Lipinski definition) is 6. The van der Waals surface area contributed by atoms with E-state index < -0.39 is 0 Å². The van der Waals surface area contributed by atoms with Crippen molar-refractivity contribution >= 4 is 12.4 Å². The van der Waals surface area contributed by atoms with Gasteiger partial charge in [0.25, 0.3) is 0 Å². The van der Waals surface area contributed by atoms with Crippen molar-refractivity contribution in [3.8, 4) is 17.2 Å². The van der Waals surface area contributed by atoms with Gasteiger partial charge in [-0.25, -0.2) is 9.67 Å². The maximum Gasteiger partial charge on any atom is 0.227 e. The Bertz CT molecular complexity index is 865. The van der Waals surface area contributed by atoms with Gasteiger partial charge < -0.3 is 9.84 Å². The molecular weight excluding hydrogens is 364 g/mol. The number of hydrogen-bond donors (Lipinski definition) is 1. The predicted molar refractivity (Wildman–Crippen MR) is 105 cm³/mol. The zero-order valence-electron chi connectivity index (χ0n) is 15.7. The Morgan fingerprint density at radius 3 is 2.85 bits per heavy atom. The topological polar surface area (TPSA) is 81.7 Å². The molecule has 1 fully saturated rings. The molecular formula is C19H25ClN6O. The summed E-state index contributed by atoms with van der Waals surface area (Å²) in [5.41, 5.74) is 2.89. The first kappa shape index (κ1) is 19.5. The lowest BCUT2D eigenvalue weighted by Crippen LogP contribution is -2.14. The lowest BCUT2D eigenvalue weighted by molar-refractivity contribution is 0.341. The molecule has 7 nitrogen and oxygen atoms in total. The number of rotatable bonds is 4. The van der Waals surface area contributed by atoms with E-state index in [1.807, 2.05) is 36.7 Å². The maximum atomic E-state index is 5.47. The van der Waals surface area contributed by atoms with Crippen molar-refractivity contribution in [2.24, 2.45) is 5.92 Å². The van der Waals surface area contributed by atoms with Crippen molar-refractivity contribution in [1.82, 2.24) is 30.2 Å². The van der Waals surface area contributed by atoms with Gasteiger partial charge in [-0.1, -0.05) is 5.16 Å². The van der Waals surface area contributed by atoms with Gasteiger partial charge in [0.15, 0.2) is 5.82 Å². The summed E-state index contributed by atoms with van der Waals surface area (Å²) >= 11 is 0.